The summed E-state index contributed by atoms with van der Waals surface area (Å²) in [5.74, 6) is -0.346. The first-order valence-electron chi connectivity index (χ1n) is 4.20. The van der Waals surface area contributed by atoms with Crippen molar-refractivity contribution in [3.8, 4) is 0 Å². The van der Waals surface area contributed by atoms with Crippen LogP contribution in [0.1, 0.15) is 6.92 Å². The van der Waals surface area contributed by atoms with E-state index in [1.165, 1.54) is 6.92 Å². The molecule has 0 saturated carbocycles. The fraction of sp³-hybridized carbons (Fsp3) is 0.857. The summed E-state index contributed by atoms with van der Waals surface area (Å²) in [5.41, 5.74) is 4.59. The molecule has 7 nitrogen and oxygen atoms in total. The first-order chi connectivity index (χ1) is 6.52. The molecule has 1 saturated heterocycles. The SMILES string of the molecule is CC(=O)NN[C@@H]1OC[C@@H](O)[C@H](O)[C@H]1O. The maximum atomic E-state index is 10.5. The normalized spacial score (nSPS) is 38.0. The van der Waals surface area contributed by atoms with E-state index < -0.39 is 24.5 Å². The van der Waals surface area contributed by atoms with Gasteiger partial charge in [0.2, 0.25) is 5.91 Å². The number of hydrazine groups is 1. The second-order valence-electron chi connectivity index (χ2n) is 3.13. The average Bonchev–Trinajstić information content (AvgIpc) is 2.13. The van der Waals surface area contributed by atoms with Gasteiger partial charge in [0.15, 0.2) is 6.23 Å². The highest BCUT2D eigenvalue weighted by atomic mass is 16.5. The van der Waals surface area contributed by atoms with E-state index in [0.717, 1.165) is 0 Å². The van der Waals surface area contributed by atoms with Crippen LogP contribution in [0.5, 0.6) is 0 Å². The van der Waals surface area contributed by atoms with Crippen molar-refractivity contribution >= 4 is 5.91 Å². The molecular weight excluding hydrogens is 192 g/mol. The lowest BCUT2D eigenvalue weighted by atomic mass is 10.1. The average molecular weight is 206 g/mol. The Balaban J connectivity index is 2.42. The number of aliphatic hydroxyl groups excluding tert-OH is 3. The molecule has 1 aliphatic heterocycles. The van der Waals surface area contributed by atoms with Crippen LogP contribution >= 0.6 is 0 Å². The lowest BCUT2D eigenvalue weighted by molar-refractivity contribution is -0.198. The van der Waals surface area contributed by atoms with E-state index in [0.29, 0.717) is 0 Å². The molecule has 0 aliphatic carbocycles. The molecule has 4 atom stereocenters. The summed E-state index contributed by atoms with van der Waals surface area (Å²) in [7, 11) is 0. The Morgan fingerprint density at radius 1 is 1.36 bits per heavy atom. The minimum atomic E-state index is -1.29. The molecule has 0 unspecified atom stereocenters. The number of carbonyl (C=O) groups is 1. The van der Waals surface area contributed by atoms with Crippen LogP contribution in [-0.2, 0) is 9.53 Å². The molecule has 0 aromatic heterocycles. The molecule has 7 heteroatoms. The molecule has 82 valence electrons. The van der Waals surface area contributed by atoms with Crippen LogP contribution in [0.25, 0.3) is 0 Å². The Morgan fingerprint density at radius 3 is 2.57 bits per heavy atom. The van der Waals surface area contributed by atoms with Gasteiger partial charge in [0.1, 0.15) is 18.3 Å². The maximum Gasteiger partial charge on any atom is 0.231 e. The van der Waals surface area contributed by atoms with Crippen molar-refractivity contribution in [1.82, 2.24) is 10.9 Å². The summed E-state index contributed by atoms with van der Waals surface area (Å²) in [6, 6.07) is 0. The van der Waals surface area contributed by atoms with E-state index >= 15 is 0 Å². The van der Waals surface area contributed by atoms with Gasteiger partial charge < -0.3 is 20.1 Å². The number of hydrogen-bond acceptors (Lipinski definition) is 6. The van der Waals surface area contributed by atoms with Crippen molar-refractivity contribution in [2.24, 2.45) is 0 Å². The maximum absolute atomic E-state index is 10.5. The van der Waals surface area contributed by atoms with Crippen LogP contribution in [0.4, 0.5) is 0 Å². The molecule has 0 radical (unpaired) electrons. The molecule has 0 aromatic rings. The van der Waals surface area contributed by atoms with Crippen LogP contribution in [0.3, 0.4) is 0 Å². The van der Waals surface area contributed by atoms with Crippen LogP contribution in [0.2, 0.25) is 0 Å². The molecule has 1 amide bonds. The second-order valence-corrected chi connectivity index (χ2v) is 3.13. The quantitative estimate of drug-likeness (QED) is 0.309. The number of hydrogen-bond donors (Lipinski definition) is 5. The second kappa shape index (κ2) is 4.67. The zero-order valence-electron chi connectivity index (χ0n) is 7.67. The fourth-order valence-corrected chi connectivity index (χ4v) is 1.11. The van der Waals surface area contributed by atoms with Crippen molar-refractivity contribution in [3.63, 3.8) is 0 Å². The van der Waals surface area contributed by atoms with Crippen molar-refractivity contribution < 1.29 is 24.9 Å². The first kappa shape index (κ1) is 11.3. The van der Waals surface area contributed by atoms with Crippen LogP contribution in [-0.4, -0.2) is 52.4 Å². The topological polar surface area (TPSA) is 111 Å². The standard InChI is InChI=1S/C7H14N2O5/c1-3(10)8-9-7-6(13)5(12)4(11)2-14-7/h4-7,9,11-13H,2H2,1H3,(H,8,10)/t4-,5+,6-,7-/m1/s1. The molecule has 1 heterocycles. The monoisotopic (exact) mass is 206 g/mol. The van der Waals surface area contributed by atoms with Gasteiger partial charge in [-0.1, -0.05) is 0 Å². The van der Waals surface area contributed by atoms with E-state index in [1.807, 2.05) is 0 Å². The third-order valence-electron chi connectivity index (χ3n) is 1.89. The summed E-state index contributed by atoms with van der Waals surface area (Å²) in [6.45, 7) is 1.18. The predicted molar refractivity (Wildman–Crippen MR) is 44.7 cm³/mol. The lowest BCUT2D eigenvalue weighted by Gasteiger charge is -2.35. The van der Waals surface area contributed by atoms with Gasteiger partial charge in [0.25, 0.3) is 0 Å². The van der Waals surface area contributed by atoms with E-state index in [1.54, 1.807) is 0 Å². The Hall–Kier alpha value is -0.730. The Kier molecular flexibility index (Phi) is 3.78. The highest BCUT2D eigenvalue weighted by Gasteiger charge is 2.37. The first-order valence-corrected chi connectivity index (χ1v) is 4.20. The third kappa shape index (κ3) is 2.63. The molecule has 0 bridgehead atoms. The van der Waals surface area contributed by atoms with Crippen LogP contribution in [0, 0.1) is 0 Å². The van der Waals surface area contributed by atoms with Gasteiger partial charge in [-0.05, 0) is 0 Å². The third-order valence-corrected chi connectivity index (χ3v) is 1.89. The molecule has 0 aromatic carbocycles. The van der Waals surface area contributed by atoms with Crippen molar-refractivity contribution in [2.75, 3.05) is 6.61 Å². The highest BCUT2D eigenvalue weighted by molar-refractivity contribution is 5.72. The van der Waals surface area contributed by atoms with Crippen molar-refractivity contribution in [2.45, 2.75) is 31.5 Å². The van der Waals surface area contributed by atoms with E-state index in [4.69, 9.17) is 9.84 Å². The molecule has 1 rings (SSSR count). The van der Waals surface area contributed by atoms with Crippen molar-refractivity contribution in [1.29, 1.82) is 0 Å². The van der Waals surface area contributed by atoms with E-state index in [2.05, 4.69) is 10.9 Å². The number of rotatable bonds is 2. The van der Waals surface area contributed by atoms with Gasteiger partial charge in [-0.15, -0.1) is 0 Å². The van der Waals surface area contributed by atoms with E-state index in [-0.39, 0.29) is 12.5 Å². The smallest absolute Gasteiger partial charge is 0.231 e. The molecule has 5 N–H and O–H groups in total. The molecule has 14 heavy (non-hydrogen) atoms. The zero-order chi connectivity index (χ0) is 10.7. The number of ether oxygens (including phenoxy) is 1. The van der Waals surface area contributed by atoms with Gasteiger partial charge in [0.05, 0.1) is 6.61 Å². The van der Waals surface area contributed by atoms with Gasteiger partial charge in [0, 0.05) is 6.92 Å². The van der Waals surface area contributed by atoms with Gasteiger partial charge >= 0.3 is 0 Å². The largest absolute Gasteiger partial charge is 0.388 e. The highest BCUT2D eigenvalue weighted by Crippen LogP contribution is 2.12. The van der Waals surface area contributed by atoms with Crippen LogP contribution in [0.15, 0.2) is 0 Å². The zero-order valence-corrected chi connectivity index (χ0v) is 7.67. The number of amides is 1. The Bertz CT molecular complexity index is 212. The molecular formula is C7H14N2O5. The minimum absolute atomic E-state index is 0.102. The number of aliphatic hydroxyl groups is 3. The molecule has 1 fully saturated rings. The van der Waals surface area contributed by atoms with Gasteiger partial charge in [-0.2, -0.15) is 0 Å². The summed E-state index contributed by atoms with van der Waals surface area (Å²) in [4.78, 5) is 10.5. The van der Waals surface area contributed by atoms with E-state index in [9.17, 15) is 15.0 Å². The van der Waals surface area contributed by atoms with Gasteiger partial charge in [-0.3, -0.25) is 10.2 Å². The van der Waals surface area contributed by atoms with Crippen LogP contribution < -0.4 is 10.9 Å². The Labute approximate surface area is 80.7 Å². The molecule has 1 aliphatic rings. The number of nitrogens with one attached hydrogen (secondary N) is 2. The summed E-state index contributed by atoms with van der Waals surface area (Å²) < 4.78 is 4.94. The summed E-state index contributed by atoms with van der Waals surface area (Å²) in [5, 5.41) is 27.7. The van der Waals surface area contributed by atoms with Crippen molar-refractivity contribution in [3.05, 3.63) is 0 Å². The number of carbonyl (C=O) groups excluding carboxylic acids is 1. The molecule has 0 spiro atoms. The lowest BCUT2D eigenvalue weighted by Crippen LogP contribution is -2.61. The predicted octanol–water partition coefficient (Wildman–Crippen LogP) is -2.93. The fourth-order valence-electron chi connectivity index (χ4n) is 1.11. The minimum Gasteiger partial charge on any atom is -0.388 e. The summed E-state index contributed by atoms with van der Waals surface area (Å²) in [6.07, 6.45) is -4.60. The summed E-state index contributed by atoms with van der Waals surface area (Å²) >= 11 is 0. The Morgan fingerprint density at radius 2 is 2.00 bits per heavy atom. The van der Waals surface area contributed by atoms with Gasteiger partial charge in [-0.25, -0.2) is 5.43 Å².